The fourth-order valence-corrected chi connectivity index (χ4v) is 4.61. The van der Waals surface area contributed by atoms with Crippen LogP contribution in [0.2, 0.25) is 0 Å². The molecule has 2 atom stereocenters. The fourth-order valence-electron chi connectivity index (χ4n) is 4.61. The highest BCUT2D eigenvalue weighted by atomic mass is 16.6. The molecular weight excluding hydrogens is 306 g/mol. The lowest BCUT2D eigenvalue weighted by molar-refractivity contribution is 0.281. The molecule has 1 saturated heterocycles. The van der Waals surface area contributed by atoms with Gasteiger partial charge in [0.05, 0.1) is 0 Å². The van der Waals surface area contributed by atoms with Crippen LogP contribution in [0.3, 0.4) is 0 Å². The van der Waals surface area contributed by atoms with Gasteiger partial charge in [0.25, 0.3) is 0 Å². The van der Waals surface area contributed by atoms with Gasteiger partial charge in [0.1, 0.15) is 5.60 Å². The van der Waals surface area contributed by atoms with Crippen molar-refractivity contribution < 1.29 is 4.74 Å². The van der Waals surface area contributed by atoms with Crippen molar-refractivity contribution in [1.82, 2.24) is 0 Å². The van der Waals surface area contributed by atoms with Crippen molar-refractivity contribution >= 4 is 6.72 Å². The zero-order valence-electron chi connectivity index (χ0n) is 13.9. The number of fused-ring (bicyclic) bond motifs is 2. The van der Waals surface area contributed by atoms with E-state index in [0.29, 0.717) is 0 Å². The lowest BCUT2D eigenvalue weighted by atomic mass is 9.70. The molecule has 0 aromatic heterocycles. The number of ether oxygens (including phenoxy) is 1. The summed E-state index contributed by atoms with van der Waals surface area (Å²) in [6.45, 7) is 3.73. The van der Waals surface area contributed by atoms with E-state index in [1.54, 1.807) is 0 Å². The third-order valence-electron chi connectivity index (χ3n) is 5.73. The third kappa shape index (κ3) is 1.86. The van der Waals surface area contributed by atoms with Gasteiger partial charge in [-0.1, -0.05) is 84.9 Å². The van der Waals surface area contributed by atoms with Crippen LogP contribution in [0.5, 0.6) is 0 Å². The van der Waals surface area contributed by atoms with Crippen LogP contribution in [-0.2, 0) is 15.8 Å². The average Bonchev–Trinajstić information content (AvgIpc) is 3.32. The smallest absolute Gasteiger partial charge is 0.182 e. The van der Waals surface area contributed by atoms with Gasteiger partial charge in [-0.05, 0) is 29.0 Å². The third-order valence-corrected chi connectivity index (χ3v) is 5.73. The predicted octanol–water partition coefficient (Wildman–Crippen LogP) is 4.68. The summed E-state index contributed by atoms with van der Waals surface area (Å²) in [5.41, 5.74) is 4.59. The Morgan fingerprint density at radius 1 is 0.760 bits per heavy atom. The second-order valence-corrected chi connectivity index (χ2v) is 6.90. The van der Waals surface area contributed by atoms with Crippen LogP contribution in [-0.4, -0.2) is 12.9 Å². The maximum Gasteiger partial charge on any atom is 0.182 e. The van der Waals surface area contributed by atoms with E-state index in [0.717, 1.165) is 6.42 Å². The molecule has 2 unspecified atom stereocenters. The number of epoxide rings is 1. The molecule has 3 aromatic rings. The Kier molecular flexibility index (Phi) is 3.01. The van der Waals surface area contributed by atoms with Crippen molar-refractivity contribution in [3.05, 3.63) is 107 Å². The highest BCUT2D eigenvalue weighted by molar-refractivity contribution is 5.61. The van der Waals surface area contributed by atoms with Gasteiger partial charge in [-0.2, -0.15) is 0 Å². The van der Waals surface area contributed by atoms with Crippen molar-refractivity contribution in [1.29, 1.82) is 0 Å². The van der Waals surface area contributed by atoms with Crippen molar-refractivity contribution in [2.45, 2.75) is 23.7 Å². The molecule has 0 radical (unpaired) electrons. The summed E-state index contributed by atoms with van der Waals surface area (Å²) in [6.07, 6.45) is 0.708. The molecule has 2 aliphatic rings. The Balaban J connectivity index is 1.83. The van der Waals surface area contributed by atoms with Gasteiger partial charge >= 0.3 is 0 Å². The second kappa shape index (κ2) is 5.14. The monoisotopic (exact) mass is 325 g/mol. The van der Waals surface area contributed by atoms with E-state index in [9.17, 15) is 0 Å². The first kappa shape index (κ1) is 14.6. The van der Waals surface area contributed by atoms with E-state index in [-0.39, 0.29) is 17.2 Å². The number of nitrogens with zero attached hydrogens (tertiary/aromatic N) is 1. The molecule has 1 spiro atoms. The first-order valence-electron chi connectivity index (χ1n) is 8.66. The summed E-state index contributed by atoms with van der Waals surface area (Å²) >= 11 is 0. The van der Waals surface area contributed by atoms with Crippen LogP contribution in [0.15, 0.2) is 89.9 Å². The molecule has 0 amide bonds. The fraction of sp³-hybridized carbons (Fsp3) is 0.174. The Morgan fingerprint density at radius 3 is 1.80 bits per heavy atom. The van der Waals surface area contributed by atoms with Gasteiger partial charge in [-0.3, -0.25) is 4.99 Å². The largest absolute Gasteiger partial charge is 0.337 e. The van der Waals surface area contributed by atoms with E-state index >= 15 is 0 Å². The van der Waals surface area contributed by atoms with Crippen molar-refractivity contribution in [3.8, 4) is 0 Å². The normalized spacial score (nSPS) is 25.5. The zero-order chi connectivity index (χ0) is 16.9. The van der Waals surface area contributed by atoms with E-state index < -0.39 is 0 Å². The lowest BCUT2D eigenvalue weighted by Gasteiger charge is -2.32. The van der Waals surface area contributed by atoms with E-state index in [1.165, 1.54) is 22.3 Å². The summed E-state index contributed by atoms with van der Waals surface area (Å²) in [6, 6.07) is 30.1. The highest BCUT2D eigenvalue weighted by Gasteiger charge is 2.67. The van der Waals surface area contributed by atoms with E-state index in [1.807, 2.05) is 0 Å². The SMILES string of the molecule is C=NC1OC12CC(c1ccccc1)(c1ccccc1)c1ccccc12. The lowest BCUT2D eigenvalue weighted by Crippen LogP contribution is -2.28. The Labute approximate surface area is 147 Å². The number of rotatable bonds is 3. The molecule has 2 nitrogen and oxygen atoms in total. The van der Waals surface area contributed by atoms with Gasteiger partial charge < -0.3 is 4.74 Å². The summed E-state index contributed by atoms with van der Waals surface area (Å²) in [7, 11) is 0. The first-order chi connectivity index (χ1) is 12.3. The molecule has 1 aliphatic carbocycles. The number of aliphatic imine (C=N–C) groups is 1. The zero-order valence-corrected chi connectivity index (χ0v) is 13.9. The van der Waals surface area contributed by atoms with Gasteiger partial charge in [-0.25, -0.2) is 0 Å². The molecule has 5 rings (SSSR count). The van der Waals surface area contributed by atoms with E-state index in [4.69, 9.17) is 4.74 Å². The first-order valence-corrected chi connectivity index (χ1v) is 8.66. The maximum absolute atomic E-state index is 6.11. The molecule has 0 N–H and O–H groups in total. The molecule has 0 saturated carbocycles. The molecule has 25 heavy (non-hydrogen) atoms. The molecular formula is C23H19NO. The predicted molar refractivity (Wildman–Crippen MR) is 99.9 cm³/mol. The number of hydrogen-bond donors (Lipinski definition) is 0. The number of benzene rings is 3. The van der Waals surface area contributed by atoms with Crippen molar-refractivity contribution in [3.63, 3.8) is 0 Å². The Hall–Kier alpha value is -2.71. The molecule has 122 valence electrons. The van der Waals surface area contributed by atoms with Crippen LogP contribution >= 0.6 is 0 Å². The summed E-state index contributed by atoms with van der Waals surface area (Å²) < 4.78 is 6.11. The quantitative estimate of drug-likeness (QED) is 0.507. The Morgan fingerprint density at radius 2 is 1.28 bits per heavy atom. The van der Waals surface area contributed by atoms with E-state index in [2.05, 4.69) is 96.6 Å². The average molecular weight is 325 g/mol. The van der Waals surface area contributed by atoms with Gasteiger partial charge in [0, 0.05) is 11.8 Å². The summed E-state index contributed by atoms with van der Waals surface area (Å²) in [5, 5.41) is 0. The van der Waals surface area contributed by atoms with Gasteiger partial charge in [0.15, 0.2) is 6.23 Å². The van der Waals surface area contributed by atoms with Crippen LogP contribution in [0.4, 0.5) is 0 Å². The van der Waals surface area contributed by atoms with Gasteiger partial charge in [0.2, 0.25) is 0 Å². The topological polar surface area (TPSA) is 24.9 Å². The Bertz CT molecular complexity index is 895. The number of hydrogen-bond acceptors (Lipinski definition) is 2. The molecule has 1 aliphatic heterocycles. The molecule has 1 heterocycles. The summed E-state index contributed by atoms with van der Waals surface area (Å²) in [5.74, 6) is 0. The van der Waals surface area contributed by atoms with Crippen LogP contribution in [0.25, 0.3) is 0 Å². The minimum Gasteiger partial charge on any atom is -0.337 e. The minimum atomic E-state index is -0.343. The standard InChI is InChI=1S/C23H19NO/c1-24-21-23(25-21)16-22(17-10-4-2-5-11-17,18-12-6-3-7-13-18)19-14-8-9-15-20(19)23/h2-15,21H,1,16H2. The van der Waals surface area contributed by atoms with Gasteiger partial charge in [-0.15, -0.1) is 0 Å². The van der Waals surface area contributed by atoms with Crippen molar-refractivity contribution in [2.75, 3.05) is 0 Å². The molecule has 0 bridgehead atoms. The second-order valence-electron chi connectivity index (χ2n) is 6.90. The van der Waals surface area contributed by atoms with Crippen LogP contribution < -0.4 is 0 Å². The van der Waals surface area contributed by atoms with Crippen molar-refractivity contribution in [2.24, 2.45) is 4.99 Å². The molecule has 3 aromatic carbocycles. The maximum atomic E-state index is 6.11. The van der Waals surface area contributed by atoms with Crippen LogP contribution in [0.1, 0.15) is 28.7 Å². The molecule has 1 fully saturated rings. The highest BCUT2D eigenvalue weighted by Crippen LogP contribution is 2.64. The van der Waals surface area contributed by atoms with Crippen LogP contribution in [0, 0.1) is 0 Å². The summed E-state index contributed by atoms with van der Waals surface area (Å²) in [4.78, 5) is 4.21. The minimum absolute atomic E-state index is 0.150. The molecule has 2 heteroatoms.